The molecule has 2 rings (SSSR count). The summed E-state index contributed by atoms with van der Waals surface area (Å²) in [7, 11) is 0. The highest BCUT2D eigenvalue weighted by atomic mass is 35.5. The summed E-state index contributed by atoms with van der Waals surface area (Å²) in [6.45, 7) is 0.440. The second-order valence-corrected chi connectivity index (χ2v) is 4.17. The summed E-state index contributed by atoms with van der Waals surface area (Å²) in [5.41, 5.74) is 0.806. The molecule has 0 radical (unpaired) electrons. The van der Waals surface area contributed by atoms with Gasteiger partial charge in [0.05, 0.1) is 5.56 Å². The molecule has 1 aromatic carbocycles. The molecule has 1 N–H and O–H groups in total. The molecule has 0 fully saturated rings. The van der Waals surface area contributed by atoms with Gasteiger partial charge in [-0.2, -0.15) is 0 Å². The van der Waals surface area contributed by atoms with E-state index in [1.165, 1.54) is 12.4 Å². The van der Waals surface area contributed by atoms with Crippen molar-refractivity contribution < 1.29 is 9.18 Å². The molecule has 1 heterocycles. The lowest BCUT2D eigenvalue weighted by atomic mass is 10.1. The highest BCUT2D eigenvalue weighted by Gasteiger charge is 2.08. The average Bonchev–Trinajstić information content (AvgIpc) is 2.41. The summed E-state index contributed by atoms with van der Waals surface area (Å²) >= 11 is 5.77. The summed E-state index contributed by atoms with van der Waals surface area (Å²) in [6.07, 6.45) is 2.33. The first-order chi connectivity index (χ1) is 9.22. The Kier molecular flexibility index (Phi) is 4.41. The van der Waals surface area contributed by atoms with Crippen molar-refractivity contribution in [3.05, 3.63) is 52.7 Å². The fourth-order valence-electron chi connectivity index (χ4n) is 1.64. The number of aldehydes is 1. The van der Waals surface area contributed by atoms with Crippen LogP contribution < -0.4 is 5.32 Å². The molecule has 0 saturated carbocycles. The molecular formula is C13H11ClFN3O. The van der Waals surface area contributed by atoms with E-state index in [9.17, 15) is 9.18 Å². The third kappa shape index (κ3) is 3.26. The molecule has 98 valence electrons. The molecule has 0 atom stereocenters. The van der Waals surface area contributed by atoms with Crippen molar-refractivity contribution in [1.82, 2.24) is 9.97 Å². The quantitative estimate of drug-likeness (QED) is 0.675. The Labute approximate surface area is 114 Å². The fraction of sp³-hybridized carbons (Fsp3) is 0.154. The van der Waals surface area contributed by atoms with Crippen LogP contribution in [0, 0.1) is 5.82 Å². The van der Waals surface area contributed by atoms with E-state index < -0.39 is 0 Å². The van der Waals surface area contributed by atoms with Gasteiger partial charge in [-0.15, -0.1) is 0 Å². The zero-order chi connectivity index (χ0) is 13.7. The molecule has 0 aliphatic heterocycles. The molecular weight excluding hydrogens is 269 g/mol. The number of rotatable bonds is 5. The Morgan fingerprint density at radius 2 is 2.11 bits per heavy atom. The van der Waals surface area contributed by atoms with Gasteiger partial charge in [-0.1, -0.05) is 29.8 Å². The summed E-state index contributed by atoms with van der Waals surface area (Å²) in [6, 6.07) is 6.54. The van der Waals surface area contributed by atoms with E-state index >= 15 is 0 Å². The SMILES string of the molecule is O=Cc1c(Cl)ncnc1NCCc1ccccc1F. The Morgan fingerprint density at radius 3 is 2.84 bits per heavy atom. The van der Waals surface area contributed by atoms with E-state index in [1.807, 2.05) is 0 Å². The average molecular weight is 280 g/mol. The maximum Gasteiger partial charge on any atom is 0.156 e. The lowest BCUT2D eigenvalue weighted by Crippen LogP contribution is -2.10. The van der Waals surface area contributed by atoms with Crippen molar-refractivity contribution >= 4 is 23.7 Å². The van der Waals surface area contributed by atoms with E-state index in [0.29, 0.717) is 30.6 Å². The number of anilines is 1. The number of aromatic nitrogens is 2. The van der Waals surface area contributed by atoms with Crippen LogP contribution in [0.15, 0.2) is 30.6 Å². The standard InChI is InChI=1S/C13H11ClFN3O/c14-12-10(7-19)13(18-8-17-12)16-6-5-9-3-1-2-4-11(9)15/h1-4,7-8H,5-6H2,(H,16,17,18). The highest BCUT2D eigenvalue weighted by molar-refractivity contribution is 6.32. The smallest absolute Gasteiger partial charge is 0.156 e. The van der Waals surface area contributed by atoms with Crippen LogP contribution in [0.5, 0.6) is 0 Å². The maximum absolute atomic E-state index is 13.4. The number of nitrogens with one attached hydrogen (secondary N) is 1. The van der Waals surface area contributed by atoms with E-state index in [-0.39, 0.29) is 16.5 Å². The molecule has 0 aliphatic rings. The number of carbonyl (C=O) groups is 1. The zero-order valence-electron chi connectivity index (χ0n) is 9.94. The summed E-state index contributed by atoms with van der Waals surface area (Å²) in [5.74, 6) is 0.104. The van der Waals surface area contributed by atoms with Crippen LogP contribution in [-0.4, -0.2) is 22.8 Å². The second-order valence-electron chi connectivity index (χ2n) is 3.81. The molecule has 1 aromatic heterocycles. The van der Waals surface area contributed by atoms with E-state index in [4.69, 9.17) is 11.6 Å². The Balaban J connectivity index is 2.02. The number of hydrogen-bond donors (Lipinski definition) is 1. The fourth-order valence-corrected chi connectivity index (χ4v) is 1.81. The van der Waals surface area contributed by atoms with Gasteiger partial charge in [-0.05, 0) is 18.1 Å². The molecule has 0 saturated heterocycles. The molecule has 0 amide bonds. The van der Waals surface area contributed by atoms with Gasteiger partial charge in [0.25, 0.3) is 0 Å². The molecule has 0 spiro atoms. The van der Waals surface area contributed by atoms with Crippen LogP contribution in [0.2, 0.25) is 5.15 Å². The monoisotopic (exact) mass is 279 g/mol. The van der Waals surface area contributed by atoms with Crippen molar-refractivity contribution in [1.29, 1.82) is 0 Å². The number of benzene rings is 1. The zero-order valence-corrected chi connectivity index (χ0v) is 10.7. The minimum atomic E-state index is -0.249. The van der Waals surface area contributed by atoms with Gasteiger partial charge in [0.15, 0.2) is 6.29 Å². The van der Waals surface area contributed by atoms with Gasteiger partial charge in [0, 0.05) is 6.54 Å². The topological polar surface area (TPSA) is 54.9 Å². The van der Waals surface area contributed by atoms with E-state index in [0.717, 1.165) is 0 Å². The van der Waals surface area contributed by atoms with Gasteiger partial charge in [-0.3, -0.25) is 4.79 Å². The van der Waals surface area contributed by atoms with Gasteiger partial charge in [0.1, 0.15) is 23.1 Å². The van der Waals surface area contributed by atoms with Crippen LogP contribution in [-0.2, 0) is 6.42 Å². The van der Waals surface area contributed by atoms with Crippen LogP contribution in [0.25, 0.3) is 0 Å². The molecule has 6 heteroatoms. The van der Waals surface area contributed by atoms with Crippen molar-refractivity contribution in [2.75, 3.05) is 11.9 Å². The molecule has 0 bridgehead atoms. The minimum absolute atomic E-state index is 0.0957. The molecule has 0 unspecified atom stereocenters. The summed E-state index contributed by atoms with van der Waals surface area (Å²) in [4.78, 5) is 18.5. The number of halogens is 2. The van der Waals surface area contributed by atoms with Gasteiger partial charge in [0.2, 0.25) is 0 Å². The lowest BCUT2D eigenvalue weighted by molar-refractivity contribution is 0.112. The predicted molar refractivity (Wildman–Crippen MR) is 71.0 cm³/mol. The molecule has 4 nitrogen and oxygen atoms in total. The first kappa shape index (κ1) is 13.4. The van der Waals surface area contributed by atoms with Gasteiger partial charge >= 0.3 is 0 Å². The van der Waals surface area contributed by atoms with Crippen LogP contribution in [0.4, 0.5) is 10.2 Å². The Bertz CT molecular complexity index is 592. The van der Waals surface area contributed by atoms with E-state index in [1.54, 1.807) is 18.2 Å². The molecule has 0 aliphatic carbocycles. The second kappa shape index (κ2) is 6.24. The highest BCUT2D eigenvalue weighted by Crippen LogP contribution is 2.17. The molecule has 19 heavy (non-hydrogen) atoms. The third-order valence-corrected chi connectivity index (χ3v) is 2.90. The largest absolute Gasteiger partial charge is 0.369 e. The molecule has 2 aromatic rings. The van der Waals surface area contributed by atoms with Crippen molar-refractivity contribution in [3.63, 3.8) is 0 Å². The maximum atomic E-state index is 13.4. The van der Waals surface area contributed by atoms with Gasteiger partial charge in [-0.25, -0.2) is 14.4 Å². The van der Waals surface area contributed by atoms with Crippen molar-refractivity contribution in [3.8, 4) is 0 Å². The number of carbonyl (C=O) groups excluding carboxylic acids is 1. The van der Waals surface area contributed by atoms with Crippen molar-refractivity contribution in [2.24, 2.45) is 0 Å². The Morgan fingerprint density at radius 1 is 1.32 bits per heavy atom. The summed E-state index contributed by atoms with van der Waals surface area (Å²) in [5, 5.41) is 3.04. The van der Waals surface area contributed by atoms with Gasteiger partial charge < -0.3 is 5.32 Å². The van der Waals surface area contributed by atoms with Crippen LogP contribution in [0.3, 0.4) is 0 Å². The van der Waals surface area contributed by atoms with E-state index in [2.05, 4.69) is 15.3 Å². The third-order valence-electron chi connectivity index (χ3n) is 2.60. The van der Waals surface area contributed by atoms with Crippen LogP contribution in [0.1, 0.15) is 15.9 Å². The first-order valence-corrected chi connectivity index (χ1v) is 6.03. The minimum Gasteiger partial charge on any atom is -0.369 e. The summed E-state index contributed by atoms with van der Waals surface area (Å²) < 4.78 is 13.4. The first-order valence-electron chi connectivity index (χ1n) is 5.65. The van der Waals surface area contributed by atoms with Crippen LogP contribution >= 0.6 is 11.6 Å². The van der Waals surface area contributed by atoms with Crippen molar-refractivity contribution in [2.45, 2.75) is 6.42 Å². The Hall–Kier alpha value is -2.01. The lowest BCUT2D eigenvalue weighted by Gasteiger charge is -2.08. The number of nitrogens with zero attached hydrogens (tertiary/aromatic N) is 2. The normalized spacial score (nSPS) is 10.2. The number of hydrogen-bond acceptors (Lipinski definition) is 4. The predicted octanol–water partition coefficient (Wildman–Crippen LogP) is 2.74.